The average Bonchev–Trinajstić information content (AvgIpc) is 2.79. The first kappa shape index (κ1) is 15.7. The molecule has 0 aliphatic heterocycles. The first-order valence-corrected chi connectivity index (χ1v) is 7.92. The summed E-state index contributed by atoms with van der Waals surface area (Å²) in [5, 5.41) is 9.84. The topological polar surface area (TPSA) is 40.5 Å². The van der Waals surface area contributed by atoms with Crippen LogP contribution in [0.15, 0.2) is 30.3 Å². The maximum absolute atomic E-state index is 12.4. The second-order valence-corrected chi connectivity index (χ2v) is 6.64. The lowest BCUT2D eigenvalue weighted by Gasteiger charge is -2.20. The minimum Gasteiger partial charge on any atom is -0.508 e. The van der Waals surface area contributed by atoms with Crippen molar-refractivity contribution in [3.8, 4) is 5.75 Å². The minimum atomic E-state index is 0.147. The Bertz CT molecular complexity index is 633. The van der Waals surface area contributed by atoms with Crippen LogP contribution in [0.3, 0.4) is 0 Å². The first-order chi connectivity index (χ1) is 10.0. The number of aryl methyl sites for hydroxylation is 2. The van der Waals surface area contributed by atoms with E-state index < -0.39 is 0 Å². The normalized spacial score (nSPS) is 11.0. The number of phenolic OH excluding ortho intramolecular Hbond substituents is 1. The number of Topliss-reactive ketones (excluding diaryl/α,β-unsaturated/α-hetero) is 1. The van der Waals surface area contributed by atoms with Crippen molar-refractivity contribution in [2.24, 2.45) is 0 Å². The molecule has 1 aromatic carbocycles. The van der Waals surface area contributed by atoms with Crippen LogP contribution in [0.2, 0.25) is 0 Å². The van der Waals surface area contributed by atoms with E-state index in [9.17, 15) is 9.90 Å². The SMILES string of the molecule is CCN(CC(=O)c1cc(C)sc1C)Cc1ccccc1O. The van der Waals surface area contributed by atoms with Gasteiger partial charge in [-0.2, -0.15) is 0 Å². The van der Waals surface area contributed by atoms with E-state index in [-0.39, 0.29) is 11.5 Å². The third-order valence-electron chi connectivity index (χ3n) is 3.54. The quantitative estimate of drug-likeness (QED) is 0.826. The van der Waals surface area contributed by atoms with Crippen molar-refractivity contribution in [2.75, 3.05) is 13.1 Å². The highest BCUT2D eigenvalue weighted by atomic mass is 32.1. The van der Waals surface area contributed by atoms with Crippen LogP contribution in [-0.4, -0.2) is 28.9 Å². The molecule has 0 fully saturated rings. The zero-order chi connectivity index (χ0) is 15.4. The van der Waals surface area contributed by atoms with Gasteiger partial charge < -0.3 is 5.11 Å². The number of likely N-dealkylation sites (N-methyl/N-ethyl adjacent to an activating group) is 1. The Balaban J connectivity index is 2.07. The fraction of sp³-hybridized carbons (Fsp3) is 0.353. The van der Waals surface area contributed by atoms with Crippen molar-refractivity contribution in [1.82, 2.24) is 4.90 Å². The largest absolute Gasteiger partial charge is 0.508 e. The predicted molar refractivity (Wildman–Crippen MR) is 87.2 cm³/mol. The molecule has 3 nitrogen and oxygen atoms in total. The molecule has 0 saturated heterocycles. The summed E-state index contributed by atoms with van der Waals surface area (Å²) in [6.07, 6.45) is 0. The Kier molecular flexibility index (Phi) is 5.15. The first-order valence-electron chi connectivity index (χ1n) is 7.10. The summed E-state index contributed by atoms with van der Waals surface area (Å²) in [4.78, 5) is 16.7. The Morgan fingerprint density at radius 3 is 2.57 bits per heavy atom. The Hall–Kier alpha value is -1.65. The molecule has 1 aromatic heterocycles. The summed E-state index contributed by atoms with van der Waals surface area (Å²) in [6, 6.07) is 9.24. The highest BCUT2D eigenvalue weighted by Gasteiger charge is 2.16. The van der Waals surface area contributed by atoms with Gasteiger partial charge >= 0.3 is 0 Å². The Morgan fingerprint density at radius 1 is 1.29 bits per heavy atom. The molecule has 2 aromatic rings. The van der Waals surface area contributed by atoms with Gasteiger partial charge in [-0.15, -0.1) is 11.3 Å². The number of nitrogens with zero attached hydrogens (tertiary/aromatic N) is 1. The van der Waals surface area contributed by atoms with Crippen molar-refractivity contribution in [3.63, 3.8) is 0 Å². The van der Waals surface area contributed by atoms with E-state index in [1.807, 2.05) is 43.9 Å². The van der Waals surface area contributed by atoms with Gasteiger partial charge in [0.1, 0.15) is 5.75 Å². The maximum atomic E-state index is 12.4. The van der Waals surface area contributed by atoms with Crippen LogP contribution in [0.4, 0.5) is 0 Å². The number of carbonyl (C=O) groups is 1. The zero-order valence-electron chi connectivity index (χ0n) is 12.7. The number of hydrogen-bond donors (Lipinski definition) is 1. The summed E-state index contributed by atoms with van der Waals surface area (Å²) < 4.78 is 0. The zero-order valence-corrected chi connectivity index (χ0v) is 13.5. The molecule has 0 spiro atoms. The van der Waals surface area contributed by atoms with Crippen molar-refractivity contribution < 1.29 is 9.90 Å². The highest BCUT2D eigenvalue weighted by molar-refractivity contribution is 7.12. The molecular weight excluding hydrogens is 282 g/mol. The van der Waals surface area contributed by atoms with E-state index in [2.05, 4.69) is 0 Å². The van der Waals surface area contributed by atoms with Crippen molar-refractivity contribution in [3.05, 3.63) is 51.2 Å². The van der Waals surface area contributed by atoms with E-state index in [4.69, 9.17) is 0 Å². The molecule has 4 heteroatoms. The molecular formula is C17H21NO2S. The summed E-state index contributed by atoms with van der Waals surface area (Å²) >= 11 is 1.66. The monoisotopic (exact) mass is 303 g/mol. The second-order valence-electron chi connectivity index (χ2n) is 5.18. The van der Waals surface area contributed by atoms with Gasteiger partial charge in [0.15, 0.2) is 5.78 Å². The van der Waals surface area contributed by atoms with Crippen LogP contribution >= 0.6 is 11.3 Å². The predicted octanol–water partition coefficient (Wildman–Crippen LogP) is 3.78. The number of benzene rings is 1. The van der Waals surface area contributed by atoms with Gasteiger partial charge in [0.2, 0.25) is 0 Å². The molecule has 0 radical (unpaired) electrons. The molecule has 112 valence electrons. The van der Waals surface area contributed by atoms with Crippen molar-refractivity contribution in [1.29, 1.82) is 0 Å². The smallest absolute Gasteiger partial charge is 0.177 e. The number of carbonyl (C=O) groups excluding carboxylic acids is 1. The summed E-state index contributed by atoms with van der Waals surface area (Å²) in [7, 11) is 0. The molecule has 0 bridgehead atoms. The van der Waals surface area contributed by atoms with E-state index in [0.717, 1.165) is 22.5 Å². The van der Waals surface area contributed by atoms with Crippen LogP contribution in [0.1, 0.15) is 32.6 Å². The number of phenols is 1. The maximum Gasteiger partial charge on any atom is 0.177 e. The number of thiophene rings is 1. The van der Waals surface area contributed by atoms with Gasteiger partial charge in [-0.3, -0.25) is 9.69 Å². The van der Waals surface area contributed by atoms with E-state index in [1.165, 1.54) is 4.88 Å². The van der Waals surface area contributed by atoms with Gasteiger partial charge in [-0.25, -0.2) is 0 Å². The highest BCUT2D eigenvalue weighted by Crippen LogP contribution is 2.22. The molecule has 0 aliphatic rings. The van der Waals surface area contributed by atoms with Crippen molar-refractivity contribution in [2.45, 2.75) is 27.3 Å². The van der Waals surface area contributed by atoms with E-state index in [0.29, 0.717) is 13.1 Å². The van der Waals surface area contributed by atoms with Gasteiger partial charge in [-0.1, -0.05) is 25.1 Å². The molecule has 0 unspecified atom stereocenters. The summed E-state index contributed by atoms with van der Waals surface area (Å²) in [5.74, 6) is 0.431. The molecule has 21 heavy (non-hydrogen) atoms. The van der Waals surface area contributed by atoms with E-state index >= 15 is 0 Å². The lowest BCUT2D eigenvalue weighted by Crippen LogP contribution is -2.29. The van der Waals surface area contributed by atoms with Gasteiger partial charge in [0, 0.05) is 27.4 Å². The summed E-state index contributed by atoms with van der Waals surface area (Å²) in [5.41, 5.74) is 1.68. The van der Waals surface area contributed by atoms with Crippen LogP contribution in [0.5, 0.6) is 5.75 Å². The standard InChI is InChI=1S/C17H21NO2S/c1-4-18(10-14-7-5-6-8-16(14)19)11-17(20)15-9-12(2)21-13(15)3/h5-9,19H,4,10-11H2,1-3H3. The lowest BCUT2D eigenvalue weighted by atomic mass is 10.1. The lowest BCUT2D eigenvalue weighted by molar-refractivity contribution is 0.0928. The fourth-order valence-corrected chi connectivity index (χ4v) is 3.30. The Labute approximate surface area is 129 Å². The third kappa shape index (κ3) is 3.93. The minimum absolute atomic E-state index is 0.147. The molecule has 0 saturated carbocycles. The number of aromatic hydroxyl groups is 1. The number of hydrogen-bond acceptors (Lipinski definition) is 4. The average molecular weight is 303 g/mol. The van der Waals surface area contributed by atoms with Gasteiger partial charge in [0.05, 0.1) is 6.54 Å². The van der Waals surface area contributed by atoms with Crippen LogP contribution in [0.25, 0.3) is 0 Å². The summed E-state index contributed by atoms with van der Waals surface area (Å²) in [6.45, 7) is 7.76. The number of para-hydroxylation sites is 1. The molecule has 2 rings (SSSR count). The molecule has 0 aliphatic carbocycles. The van der Waals surface area contributed by atoms with Crippen LogP contribution < -0.4 is 0 Å². The molecule has 1 heterocycles. The van der Waals surface area contributed by atoms with Crippen LogP contribution in [0, 0.1) is 13.8 Å². The van der Waals surface area contributed by atoms with E-state index in [1.54, 1.807) is 23.5 Å². The third-order valence-corrected chi connectivity index (χ3v) is 4.51. The van der Waals surface area contributed by atoms with Gasteiger partial charge in [0.25, 0.3) is 0 Å². The van der Waals surface area contributed by atoms with Crippen LogP contribution in [-0.2, 0) is 6.54 Å². The number of rotatable bonds is 6. The fourth-order valence-electron chi connectivity index (χ4n) is 2.36. The number of ketones is 1. The molecule has 1 N–H and O–H groups in total. The molecule has 0 amide bonds. The van der Waals surface area contributed by atoms with Gasteiger partial charge in [-0.05, 0) is 32.5 Å². The second kappa shape index (κ2) is 6.87. The molecule has 0 atom stereocenters. The van der Waals surface area contributed by atoms with Crippen molar-refractivity contribution >= 4 is 17.1 Å². The Morgan fingerprint density at radius 2 is 2.00 bits per heavy atom.